The standard InChI is InChI=1S/C19H19NO/c1-2-3-5-14-19(21)20-18-13-9-8-12-17(18)15-16-10-6-4-7-11-16/h2-14H,15H2,1H3,(H,20,21)/b3-2+,14-5+. The summed E-state index contributed by atoms with van der Waals surface area (Å²) in [6, 6.07) is 18.1. The van der Waals surface area contributed by atoms with Crippen LogP contribution in [0.1, 0.15) is 18.1 Å². The van der Waals surface area contributed by atoms with Gasteiger partial charge in [0.2, 0.25) is 5.91 Å². The number of amides is 1. The van der Waals surface area contributed by atoms with E-state index >= 15 is 0 Å². The van der Waals surface area contributed by atoms with E-state index in [1.54, 1.807) is 6.08 Å². The van der Waals surface area contributed by atoms with Gasteiger partial charge in [-0.05, 0) is 30.5 Å². The second kappa shape index (κ2) is 7.85. The van der Waals surface area contributed by atoms with Gasteiger partial charge in [0.15, 0.2) is 0 Å². The average molecular weight is 277 g/mol. The van der Waals surface area contributed by atoms with Gasteiger partial charge in [-0.1, -0.05) is 66.8 Å². The number of rotatable bonds is 5. The summed E-state index contributed by atoms with van der Waals surface area (Å²) in [6.45, 7) is 1.91. The fraction of sp³-hybridized carbons (Fsp3) is 0.105. The van der Waals surface area contributed by atoms with Crippen LogP contribution in [0, 0.1) is 0 Å². The largest absolute Gasteiger partial charge is 0.322 e. The minimum Gasteiger partial charge on any atom is -0.322 e. The lowest BCUT2D eigenvalue weighted by Crippen LogP contribution is -2.09. The lowest BCUT2D eigenvalue weighted by Gasteiger charge is -2.10. The maximum absolute atomic E-state index is 11.9. The molecular formula is C19H19NO. The molecule has 2 nitrogen and oxygen atoms in total. The predicted molar refractivity (Wildman–Crippen MR) is 88.3 cm³/mol. The van der Waals surface area contributed by atoms with Crippen molar-refractivity contribution in [2.24, 2.45) is 0 Å². The lowest BCUT2D eigenvalue weighted by molar-refractivity contribution is -0.111. The topological polar surface area (TPSA) is 29.1 Å². The highest BCUT2D eigenvalue weighted by molar-refractivity contribution is 5.99. The van der Waals surface area contributed by atoms with E-state index in [0.717, 1.165) is 17.7 Å². The maximum atomic E-state index is 11.9. The molecule has 1 amide bonds. The predicted octanol–water partition coefficient (Wildman–Crippen LogP) is 4.35. The summed E-state index contributed by atoms with van der Waals surface area (Å²) in [6.07, 6.45) is 7.77. The highest BCUT2D eigenvalue weighted by atomic mass is 16.1. The molecule has 2 aromatic carbocycles. The zero-order valence-corrected chi connectivity index (χ0v) is 12.1. The highest BCUT2D eigenvalue weighted by Gasteiger charge is 2.04. The van der Waals surface area contributed by atoms with Gasteiger partial charge in [-0.25, -0.2) is 0 Å². The third kappa shape index (κ3) is 4.77. The second-order valence-electron chi connectivity index (χ2n) is 4.69. The van der Waals surface area contributed by atoms with E-state index in [2.05, 4.69) is 17.4 Å². The van der Waals surface area contributed by atoms with Crippen LogP contribution in [0.15, 0.2) is 78.9 Å². The van der Waals surface area contributed by atoms with E-state index in [-0.39, 0.29) is 5.91 Å². The van der Waals surface area contributed by atoms with Crippen LogP contribution < -0.4 is 5.32 Å². The third-order valence-corrected chi connectivity index (χ3v) is 3.06. The lowest BCUT2D eigenvalue weighted by atomic mass is 10.0. The first-order chi connectivity index (χ1) is 10.3. The normalized spacial score (nSPS) is 11.1. The molecule has 0 saturated carbocycles. The summed E-state index contributed by atoms with van der Waals surface area (Å²) in [7, 11) is 0. The Hall–Kier alpha value is -2.61. The number of para-hydroxylation sites is 1. The number of carbonyl (C=O) groups excluding carboxylic acids is 1. The Morgan fingerprint density at radius 3 is 2.48 bits per heavy atom. The van der Waals surface area contributed by atoms with Crippen LogP contribution in [-0.2, 0) is 11.2 Å². The van der Waals surface area contributed by atoms with E-state index in [4.69, 9.17) is 0 Å². The van der Waals surface area contributed by atoms with E-state index in [0.29, 0.717) is 0 Å². The first kappa shape index (κ1) is 14.8. The molecule has 106 valence electrons. The van der Waals surface area contributed by atoms with Crippen LogP contribution in [0.2, 0.25) is 0 Å². The van der Waals surface area contributed by atoms with Crippen molar-refractivity contribution in [3.8, 4) is 0 Å². The number of hydrogen-bond donors (Lipinski definition) is 1. The van der Waals surface area contributed by atoms with Gasteiger partial charge in [-0.2, -0.15) is 0 Å². The van der Waals surface area contributed by atoms with Gasteiger partial charge in [-0.15, -0.1) is 0 Å². The molecular weight excluding hydrogens is 258 g/mol. The van der Waals surface area contributed by atoms with Crippen molar-refractivity contribution in [1.82, 2.24) is 0 Å². The molecule has 21 heavy (non-hydrogen) atoms. The van der Waals surface area contributed by atoms with Crippen LogP contribution in [0.25, 0.3) is 0 Å². The molecule has 0 aromatic heterocycles. The molecule has 0 unspecified atom stereocenters. The van der Waals surface area contributed by atoms with Crippen molar-refractivity contribution in [3.05, 3.63) is 90.0 Å². The van der Waals surface area contributed by atoms with Gasteiger partial charge >= 0.3 is 0 Å². The van der Waals surface area contributed by atoms with E-state index in [9.17, 15) is 4.79 Å². The number of hydrogen-bond acceptors (Lipinski definition) is 1. The summed E-state index contributed by atoms with van der Waals surface area (Å²) in [4.78, 5) is 11.9. The Morgan fingerprint density at radius 1 is 1.00 bits per heavy atom. The van der Waals surface area contributed by atoms with Crippen LogP contribution in [0.5, 0.6) is 0 Å². The summed E-state index contributed by atoms with van der Waals surface area (Å²) in [5.41, 5.74) is 3.19. The SMILES string of the molecule is C/C=C/C=C/C(=O)Nc1ccccc1Cc1ccccc1. The molecule has 0 aliphatic rings. The van der Waals surface area contributed by atoms with E-state index < -0.39 is 0 Å². The van der Waals surface area contributed by atoms with E-state index in [1.807, 2.05) is 61.5 Å². The van der Waals surface area contributed by atoms with Gasteiger partial charge < -0.3 is 5.32 Å². The maximum Gasteiger partial charge on any atom is 0.248 e. The van der Waals surface area contributed by atoms with Crippen molar-refractivity contribution >= 4 is 11.6 Å². The van der Waals surface area contributed by atoms with Crippen molar-refractivity contribution in [2.75, 3.05) is 5.32 Å². The molecule has 2 heteroatoms. The number of benzene rings is 2. The molecule has 0 aliphatic heterocycles. The summed E-state index contributed by atoms with van der Waals surface area (Å²) >= 11 is 0. The highest BCUT2D eigenvalue weighted by Crippen LogP contribution is 2.19. The molecule has 0 radical (unpaired) electrons. The molecule has 2 rings (SSSR count). The minimum absolute atomic E-state index is 0.117. The molecule has 0 heterocycles. The molecule has 0 fully saturated rings. The Morgan fingerprint density at radius 2 is 1.71 bits per heavy atom. The van der Waals surface area contributed by atoms with Gasteiger partial charge in [0.05, 0.1) is 0 Å². The first-order valence-electron chi connectivity index (χ1n) is 7.02. The van der Waals surface area contributed by atoms with E-state index in [1.165, 1.54) is 11.6 Å². The van der Waals surface area contributed by atoms with Gasteiger partial charge in [0.1, 0.15) is 0 Å². The Balaban J connectivity index is 2.12. The molecule has 0 aliphatic carbocycles. The van der Waals surface area contributed by atoms with Gasteiger partial charge in [0.25, 0.3) is 0 Å². The van der Waals surface area contributed by atoms with Crippen LogP contribution in [0.4, 0.5) is 5.69 Å². The van der Waals surface area contributed by atoms with Crippen molar-refractivity contribution in [2.45, 2.75) is 13.3 Å². The molecule has 0 atom stereocenters. The molecule has 0 saturated heterocycles. The van der Waals surface area contributed by atoms with Crippen molar-refractivity contribution in [1.29, 1.82) is 0 Å². The Kier molecular flexibility index (Phi) is 5.53. The number of allylic oxidation sites excluding steroid dienone is 3. The molecule has 2 aromatic rings. The smallest absolute Gasteiger partial charge is 0.248 e. The Bertz CT molecular complexity index is 642. The molecule has 0 spiro atoms. The number of nitrogens with one attached hydrogen (secondary N) is 1. The van der Waals surface area contributed by atoms with Crippen molar-refractivity contribution < 1.29 is 4.79 Å². The number of carbonyl (C=O) groups is 1. The Labute approximate surface area is 125 Å². The monoisotopic (exact) mass is 277 g/mol. The summed E-state index contributed by atoms with van der Waals surface area (Å²) < 4.78 is 0. The van der Waals surface area contributed by atoms with Crippen LogP contribution >= 0.6 is 0 Å². The molecule has 1 N–H and O–H groups in total. The average Bonchev–Trinajstić information content (AvgIpc) is 2.51. The second-order valence-corrected chi connectivity index (χ2v) is 4.69. The summed E-state index contributed by atoms with van der Waals surface area (Å²) in [5, 5.41) is 2.93. The summed E-state index contributed by atoms with van der Waals surface area (Å²) in [5.74, 6) is -0.117. The zero-order valence-electron chi connectivity index (χ0n) is 12.1. The van der Waals surface area contributed by atoms with Crippen LogP contribution in [-0.4, -0.2) is 5.91 Å². The fourth-order valence-electron chi connectivity index (χ4n) is 2.04. The molecule has 0 bridgehead atoms. The number of anilines is 1. The third-order valence-electron chi connectivity index (χ3n) is 3.06. The quantitative estimate of drug-likeness (QED) is 0.639. The fourth-order valence-corrected chi connectivity index (χ4v) is 2.04. The van der Waals surface area contributed by atoms with Crippen molar-refractivity contribution in [3.63, 3.8) is 0 Å². The minimum atomic E-state index is -0.117. The van der Waals surface area contributed by atoms with Gasteiger partial charge in [0, 0.05) is 11.8 Å². The van der Waals surface area contributed by atoms with Gasteiger partial charge in [-0.3, -0.25) is 4.79 Å². The zero-order chi connectivity index (χ0) is 14.9. The first-order valence-corrected chi connectivity index (χ1v) is 7.02. The van der Waals surface area contributed by atoms with Crippen LogP contribution in [0.3, 0.4) is 0 Å².